The SMILES string of the molecule is CCCNCCNc1c(C)cccc1C#N. The van der Waals surface area contributed by atoms with Crippen molar-refractivity contribution in [3.63, 3.8) is 0 Å². The molecule has 2 N–H and O–H groups in total. The minimum absolute atomic E-state index is 0.718. The molecule has 0 amide bonds. The number of hydrogen-bond donors (Lipinski definition) is 2. The van der Waals surface area contributed by atoms with Crippen molar-refractivity contribution in [3.05, 3.63) is 29.3 Å². The maximum Gasteiger partial charge on any atom is 0.101 e. The fourth-order valence-electron chi connectivity index (χ4n) is 1.57. The van der Waals surface area contributed by atoms with Gasteiger partial charge in [-0.15, -0.1) is 0 Å². The van der Waals surface area contributed by atoms with E-state index in [-0.39, 0.29) is 0 Å². The highest BCUT2D eigenvalue weighted by molar-refractivity contribution is 5.62. The number of hydrogen-bond acceptors (Lipinski definition) is 3. The van der Waals surface area contributed by atoms with Crippen molar-refractivity contribution < 1.29 is 0 Å². The second-order valence-corrected chi connectivity index (χ2v) is 3.79. The molecule has 0 aliphatic rings. The van der Waals surface area contributed by atoms with Crippen LogP contribution in [0, 0.1) is 18.3 Å². The summed E-state index contributed by atoms with van der Waals surface area (Å²) >= 11 is 0. The first-order chi connectivity index (χ1) is 7.79. The molecule has 0 saturated heterocycles. The Bertz CT molecular complexity index is 366. The summed E-state index contributed by atoms with van der Waals surface area (Å²) in [5, 5.41) is 15.6. The molecule has 16 heavy (non-hydrogen) atoms. The molecule has 0 atom stereocenters. The number of anilines is 1. The molecular weight excluding hydrogens is 198 g/mol. The van der Waals surface area contributed by atoms with Gasteiger partial charge in [-0.1, -0.05) is 19.1 Å². The Labute approximate surface area is 97.5 Å². The number of aryl methyl sites for hydroxylation is 1. The van der Waals surface area contributed by atoms with Gasteiger partial charge in [-0.3, -0.25) is 0 Å². The van der Waals surface area contributed by atoms with Crippen LogP contribution in [0.25, 0.3) is 0 Å². The molecule has 3 heteroatoms. The molecule has 0 fully saturated rings. The number of rotatable bonds is 6. The van der Waals surface area contributed by atoms with E-state index in [1.807, 2.05) is 25.1 Å². The number of nitrogens with one attached hydrogen (secondary N) is 2. The van der Waals surface area contributed by atoms with Gasteiger partial charge in [0, 0.05) is 13.1 Å². The lowest BCUT2D eigenvalue weighted by Gasteiger charge is -2.11. The van der Waals surface area contributed by atoms with Gasteiger partial charge in [-0.2, -0.15) is 5.26 Å². The zero-order valence-corrected chi connectivity index (χ0v) is 10.0. The summed E-state index contributed by atoms with van der Waals surface area (Å²) in [5.41, 5.74) is 2.80. The molecular formula is C13H19N3. The smallest absolute Gasteiger partial charge is 0.101 e. The Morgan fingerprint density at radius 2 is 2.06 bits per heavy atom. The Balaban J connectivity index is 2.50. The number of benzene rings is 1. The van der Waals surface area contributed by atoms with Gasteiger partial charge >= 0.3 is 0 Å². The average Bonchev–Trinajstić information content (AvgIpc) is 2.30. The van der Waals surface area contributed by atoms with Crippen molar-refractivity contribution in [2.45, 2.75) is 20.3 Å². The topological polar surface area (TPSA) is 47.8 Å². The van der Waals surface area contributed by atoms with Gasteiger partial charge in [-0.05, 0) is 31.5 Å². The second kappa shape index (κ2) is 6.86. The summed E-state index contributed by atoms with van der Waals surface area (Å²) in [6, 6.07) is 7.98. The molecule has 0 aromatic heterocycles. The molecule has 0 saturated carbocycles. The van der Waals surface area contributed by atoms with Crippen molar-refractivity contribution in [3.8, 4) is 6.07 Å². The maximum atomic E-state index is 8.98. The van der Waals surface area contributed by atoms with Gasteiger partial charge < -0.3 is 10.6 Å². The fourth-order valence-corrected chi connectivity index (χ4v) is 1.57. The molecule has 1 rings (SSSR count). The van der Waals surface area contributed by atoms with Crippen molar-refractivity contribution in [1.29, 1.82) is 5.26 Å². The first kappa shape index (κ1) is 12.5. The Morgan fingerprint density at radius 3 is 2.75 bits per heavy atom. The molecule has 0 unspecified atom stereocenters. The van der Waals surface area contributed by atoms with Gasteiger partial charge in [0.05, 0.1) is 11.3 Å². The van der Waals surface area contributed by atoms with Crippen LogP contribution in [0.3, 0.4) is 0 Å². The van der Waals surface area contributed by atoms with Crippen molar-refractivity contribution in [2.75, 3.05) is 25.0 Å². The lowest BCUT2D eigenvalue weighted by Crippen LogP contribution is -2.23. The molecule has 1 aromatic rings. The maximum absolute atomic E-state index is 8.98. The highest BCUT2D eigenvalue weighted by Gasteiger charge is 2.03. The van der Waals surface area contributed by atoms with Crippen LogP contribution in [0.2, 0.25) is 0 Å². The molecule has 0 spiro atoms. The zero-order valence-electron chi connectivity index (χ0n) is 10.0. The minimum Gasteiger partial charge on any atom is -0.382 e. The van der Waals surface area contributed by atoms with Crippen LogP contribution >= 0.6 is 0 Å². The molecule has 0 heterocycles. The third-order valence-corrected chi connectivity index (χ3v) is 2.42. The van der Waals surface area contributed by atoms with E-state index in [2.05, 4.69) is 23.6 Å². The molecule has 0 aliphatic heterocycles. The molecule has 1 aromatic carbocycles. The van der Waals surface area contributed by atoms with Gasteiger partial charge in [0.1, 0.15) is 6.07 Å². The van der Waals surface area contributed by atoms with Gasteiger partial charge in [0.2, 0.25) is 0 Å². The number of para-hydroxylation sites is 1. The molecule has 0 bridgehead atoms. The van der Waals surface area contributed by atoms with Crippen LogP contribution in [-0.2, 0) is 0 Å². The van der Waals surface area contributed by atoms with E-state index < -0.39 is 0 Å². The average molecular weight is 217 g/mol. The highest BCUT2D eigenvalue weighted by atomic mass is 14.9. The van der Waals surface area contributed by atoms with Crippen molar-refractivity contribution in [1.82, 2.24) is 5.32 Å². The van der Waals surface area contributed by atoms with E-state index in [4.69, 9.17) is 5.26 Å². The molecule has 0 aliphatic carbocycles. The first-order valence-corrected chi connectivity index (χ1v) is 5.74. The monoisotopic (exact) mass is 217 g/mol. The van der Waals surface area contributed by atoms with Crippen LogP contribution in [0.1, 0.15) is 24.5 Å². The highest BCUT2D eigenvalue weighted by Crippen LogP contribution is 2.18. The van der Waals surface area contributed by atoms with Crippen LogP contribution in [0.5, 0.6) is 0 Å². The second-order valence-electron chi connectivity index (χ2n) is 3.79. The summed E-state index contributed by atoms with van der Waals surface area (Å²) in [6.45, 7) is 6.98. The number of nitrogens with zero attached hydrogens (tertiary/aromatic N) is 1. The van der Waals surface area contributed by atoms with Gasteiger partial charge in [-0.25, -0.2) is 0 Å². The van der Waals surface area contributed by atoms with Gasteiger partial charge in [0.25, 0.3) is 0 Å². The van der Waals surface area contributed by atoms with Gasteiger partial charge in [0.15, 0.2) is 0 Å². The summed E-state index contributed by atoms with van der Waals surface area (Å²) in [5.74, 6) is 0. The third kappa shape index (κ3) is 3.56. The minimum atomic E-state index is 0.718. The molecule has 0 radical (unpaired) electrons. The fraction of sp³-hybridized carbons (Fsp3) is 0.462. The molecule has 3 nitrogen and oxygen atoms in total. The van der Waals surface area contributed by atoms with Crippen molar-refractivity contribution in [2.24, 2.45) is 0 Å². The van der Waals surface area contributed by atoms with Crippen LogP contribution < -0.4 is 10.6 Å². The Hall–Kier alpha value is -1.53. The summed E-state index contributed by atoms with van der Waals surface area (Å²) < 4.78 is 0. The van der Waals surface area contributed by atoms with Crippen LogP contribution in [-0.4, -0.2) is 19.6 Å². The van der Waals surface area contributed by atoms with Crippen molar-refractivity contribution >= 4 is 5.69 Å². The van der Waals surface area contributed by atoms with E-state index in [0.29, 0.717) is 0 Å². The van der Waals surface area contributed by atoms with E-state index in [0.717, 1.165) is 42.9 Å². The lowest BCUT2D eigenvalue weighted by atomic mass is 10.1. The number of nitriles is 1. The van der Waals surface area contributed by atoms with Crippen LogP contribution in [0.4, 0.5) is 5.69 Å². The quantitative estimate of drug-likeness (QED) is 0.719. The standard InChI is InChI=1S/C13H19N3/c1-3-7-15-8-9-16-13-11(2)5-4-6-12(13)10-14/h4-6,15-16H,3,7-9H2,1-2H3. The predicted molar refractivity (Wildman–Crippen MR) is 67.5 cm³/mol. The largest absolute Gasteiger partial charge is 0.382 e. The zero-order chi connectivity index (χ0) is 11.8. The summed E-state index contributed by atoms with van der Waals surface area (Å²) in [4.78, 5) is 0. The Kier molecular flexibility index (Phi) is 5.38. The van der Waals surface area contributed by atoms with Crippen LogP contribution in [0.15, 0.2) is 18.2 Å². The lowest BCUT2D eigenvalue weighted by molar-refractivity contribution is 0.687. The van der Waals surface area contributed by atoms with E-state index in [1.165, 1.54) is 0 Å². The summed E-state index contributed by atoms with van der Waals surface area (Å²) in [7, 11) is 0. The third-order valence-electron chi connectivity index (χ3n) is 2.42. The predicted octanol–water partition coefficient (Wildman–Crippen LogP) is 2.28. The van der Waals surface area contributed by atoms with E-state index in [9.17, 15) is 0 Å². The Morgan fingerprint density at radius 1 is 1.25 bits per heavy atom. The normalized spacial score (nSPS) is 9.81. The van der Waals surface area contributed by atoms with E-state index >= 15 is 0 Å². The first-order valence-electron chi connectivity index (χ1n) is 5.74. The molecule has 86 valence electrons. The summed E-state index contributed by atoms with van der Waals surface area (Å²) in [6.07, 6.45) is 1.15. The van der Waals surface area contributed by atoms with E-state index in [1.54, 1.807) is 0 Å².